The van der Waals surface area contributed by atoms with Gasteiger partial charge >= 0.3 is 5.97 Å². The number of ether oxygens (including phenoxy) is 1. The second-order valence-electron chi connectivity index (χ2n) is 7.23. The molecule has 0 bridgehead atoms. The van der Waals surface area contributed by atoms with Crippen LogP contribution in [-0.4, -0.2) is 12.6 Å². The summed E-state index contributed by atoms with van der Waals surface area (Å²) in [5.74, 6) is 2.66. The zero-order valence-corrected chi connectivity index (χ0v) is 16.8. The van der Waals surface area contributed by atoms with Crippen molar-refractivity contribution in [2.75, 3.05) is 6.61 Å². The summed E-state index contributed by atoms with van der Waals surface area (Å²) >= 11 is 0. The minimum Gasteiger partial charge on any atom is -0.466 e. The van der Waals surface area contributed by atoms with Gasteiger partial charge in [-0.2, -0.15) is 0 Å². The maximum Gasteiger partial charge on any atom is 0.305 e. The Hall–Kier alpha value is -0.970. The van der Waals surface area contributed by atoms with E-state index in [-0.39, 0.29) is 5.97 Å². The Morgan fingerprint density at radius 1 is 0.720 bits per heavy atom. The quantitative estimate of drug-likeness (QED) is 0.140. The third-order valence-corrected chi connectivity index (χ3v) is 4.71. The zero-order chi connectivity index (χ0) is 18.4. The van der Waals surface area contributed by atoms with E-state index in [1.165, 1.54) is 77.0 Å². The molecule has 0 fully saturated rings. The van der Waals surface area contributed by atoms with E-state index in [4.69, 9.17) is 11.2 Å². The molecular weight excluding hydrogens is 308 g/mol. The first-order valence-corrected chi connectivity index (χ1v) is 10.9. The third-order valence-electron chi connectivity index (χ3n) is 4.71. The lowest BCUT2D eigenvalue weighted by Crippen LogP contribution is -2.05. The van der Waals surface area contributed by atoms with Crippen LogP contribution in [0.4, 0.5) is 0 Å². The van der Waals surface area contributed by atoms with E-state index in [0.29, 0.717) is 13.0 Å². The van der Waals surface area contributed by atoms with Crippen molar-refractivity contribution < 1.29 is 9.53 Å². The number of rotatable bonds is 19. The molecule has 0 heterocycles. The molecule has 0 atom stereocenters. The minimum absolute atomic E-state index is 0.0109. The molecule has 0 N–H and O–H groups in total. The van der Waals surface area contributed by atoms with E-state index in [0.717, 1.165) is 32.1 Å². The van der Waals surface area contributed by atoms with E-state index in [9.17, 15) is 4.79 Å². The molecule has 0 saturated carbocycles. The van der Waals surface area contributed by atoms with Crippen molar-refractivity contribution in [3.8, 4) is 12.3 Å². The average molecular weight is 351 g/mol. The molecule has 0 rings (SSSR count). The number of esters is 1. The molecular formula is C23H42O2. The van der Waals surface area contributed by atoms with Crippen LogP contribution in [0.1, 0.15) is 122 Å². The van der Waals surface area contributed by atoms with Gasteiger partial charge in [-0.1, -0.05) is 90.4 Å². The maximum atomic E-state index is 11.6. The highest BCUT2D eigenvalue weighted by Gasteiger charge is 2.02. The van der Waals surface area contributed by atoms with Gasteiger partial charge in [0.25, 0.3) is 0 Å². The molecule has 146 valence electrons. The molecule has 0 unspecified atom stereocenters. The Kier molecular flexibility index (Phi) is 20.3. The molecule has 0 saturated heterocycles. The summed E-state index contributed by atoms with van der Waals surface area (Å²) in [6, 6.07) is 0. The van der Waals surface area contributed by atoms with Crippen molar-refractivity contribution in [3.05, 3.63) is 0 Å². The van der Waals surface area contributed by atoms with Crippen molar-refractivity contribution in [2.45, 2.75) is 122 Å². The predicted octanol–water partition coefficient (Wildman–Crippen LogP) is 7.20. The summed E-state index contributed by atoms with van der Waals surface area (Å²) in [6.07, 6.45) is 26.7. The van der Waals surface area contributed by atoms with Gasteiger partial charge in [0.2, 0.25) is 0 Å². The van der Waals surface area contributed by atoms with Gasteiger partial charge in [-0.05, 0) is 19.3 Å². The highest BCUT2D eigenvalue weighted by molar-refractivity contribution is 5.69. The van der Waals surface area contributed by atoms with Gasteiger partial charge in [-0.3, -0.25) is 4.79 Å². The van der Waals surface area contributed by atoms with Crippen molar-refractivity contribution in [3.63, 3.8) is 0 Å². The molecule has 0 aromatic carbocycles. The number of unbranched alkanes of at least 4 members (excludes halogenated alkanes) is 15. The largest absolute Gasteiger partial charge is 0.466 e. The summed E-state index contributed by atoms with van der Waals surface area (Å²) in [4.78, 5) is 11.6. The van der Waals surface area contributed by atoms with E-state index in [2.05, 4.69) is 12.8 Å². The molecule has 2 nitrogen and oxygen atoms in total. The molecule has 0 amide bonds. The van der Waals surface area contributed by atoms with Gasteiger partial charge in [0.05, 0.1) is 6.61 Å². The molecule has 25 heavy (non-hydrogen) atoms. The Bertz CT molecular complexity index is 317. The normalized spacial score (nSPS) is 10.6. The van der Waals surface area contributed by atoms with Crippen LogP contribution in [0.2, 0.25) is 0 Å². The average Bonchev–Trinajstić information content (AvgIpc) is 2.62. The second-order valence-corrected chi connectivity index (χ2v) is 7.23. The zero-order valence-electron chi connectivity index (χ0n) is 16.8. The Balaban J connectivity index is 3.14. The lowest BCUT2D eigenvalue weighted by atomic mass is 10.1. The summed E-state index contributed by atoms with van der Waals surface area (Å²) in [7, 11) is 0. The first-order valence-electron chi connectivity index (χ1n) is 10.9. The monoisotopic (exact) mass is 350 g/mol. The van der Waals surface area contributed by atoms with Crippen LogP contribution in [0.3, 0.4) is 0 Å². The van der Waals surface area contributed by atoms with Crippen LogP contribution in [0.25, 0.3) is 0 Å². The van der Waals surface area contributed by atoms with Crippen molar-refractivity contribution in [1.29, 1.82) is 0 Å². The Morgan fingerprint density at radius 3 is 1.76 bits per heavy atom. The highest BCUT2D eigenvalue weighted by atomic mass is 16.5. The second kappa shape index (κ2) is 21.1. The predicted molar refractivity (Wildman–Crippen MR) is 109 cm³/mol. The van der Waals surface area contributed by atoms with Crippen molar-refractivity contribution in [1.82, 2.24) is 0 Å². The molecule has 0 aromatic heterocycles. The lowest BCUT2D eigenvalue weighted by molar-refractivity contribution is -0.143. The van der Waals surface area contributed by atoms with Gasteiger partial charge in [0.15, 0.2) is 0 Å². The van der Waals surface area contributed by atoms with E-state index in [1.54, 1.807) is 0 Å². The molecule has 0 radical (unpaired) electrons. The number of carbonyl (C=O) groups excluding carboxylic acids is 1. The van der Waals surface area contributed by atoms with Crippen LogP contribution in [0.5, 0.6) is 0 Å². The highest BCUT2D eigenvalue weighted by Crippen LogP contribution is 2.11. The summed E-state index contributed by atoms with van der Waals surface area (Å²) in [5, 5.41) is 0. The van der Waals surface area contributed by atoms with Gasteiger partial charge in [-0.15, -0.1) is 12.3 Å². The summed E-state index contributed by atoms with van der Waals surface area (Å²) in [5.41, 5.74) is 0. The van der Waals surface area contributed by atoms with Crippen LogP contribution < -0.4 is 0 Å². The number of hydrogen-bond acceptors (Lipinski definition) is 2. The smallest absolute Gasteiger partial charge is 0.305 e. The van der Waals surface area contributed by atoms with Crippen LogP contribution in [0.15, 0.2) is 0 Å². The van der Waals surface area contributed by atoms with Gasteiger partial charge < -0.3 is 4.74 Å². The van der Waals surface area contributed by atoms with Crippen LogP contribution in [-0.2, 0) is 9.53 Å². The van der Waals surface area contributed by atoms with Crippen LogP contribution >= 0.6 is 0 Å². The van der Waals surface area contributed by atoms with Crippen LogP contribution in [0, 0.1) is 12.3 Å². The number of terminal acetylenes is 1. The molecule has 0 spiro atoms. The number of hydrogen-bond donors (Lipinski definition) is 0. The van der Waals surface area contributed by atoms with Gasteiger partial charge in [0.1, 0.15) is 0 Å². The van der Waals surface area contributed by atoms with E-state index < -0.39 is 0 Å². The fourth-order valence-corrected chi connectivity index (χ4v) is 3.05. The standard InChI is InChI=1S/C23H42O2/c1-3-5-7-9-11-13-14-16-18-20-22-25-23(24)21-19-17-15-12-10-8-6-4-2/h2H,3,5-22H2,1H3. The molecule has 0 aliphatic rings. The molecule has 2 heteroatoms. The van der Waals surface area contributed by atoms with E-state index in [1.807, 2.05) is 0 Å². The van der Waals surface area contributed by atoms with Crippen molar-refractivity contribution in [2.24, 2.45) is 0 Å². The Morgan fingerprint density at radius 2 is 1.20 bits per heavy atom. The lowest BCUT2D eigenvalue weighted by Gasteiger charge is -2.05. The first kappa shape index (κ1) is 24.0. The molecule has 0 aliphatic carbocycles. The fraction of sp³-hybridized carbons (Fsp3) is 0.870. The molecule has 0 aliphatic heterocycles. The van der Waals surface area contributed by atoms with Gasteiger partial charge in [-0.25, -0.2) is 0 Å². The van der Waals surface area contributed by atoms with Crippen molar-refractivity contribution >= 4 is 5.97 Å². The SMILES string of the molecule is C#CCCCCCCCCC(=O)OCCCCCCCCCCCC. The Labute approximate surface area is 157 Å². The fourth-order valence-electron chi connectivity index (χ4n) is 3.05. The summed E-state index contributed by atoms with van der Waals surface area (Å²) in [6.45, 7) is 2.87. The van der Waals surface area contributed by atoms with Gasteiger partial charge in [0, 0.05) is 12.8 Å². The summed E-state index contributed by atoms with van der Waals surface area (Å²) < 4.78 is 5.31. The number of carbonyl (C=O) groups is 1. The third kappa shape index (κ3) is 21.0. The van der Waals surface area contributed by atoms with E-state index >= 15 is 0 Å². The molecule has 0 aromatic rings. The first-order chi connectivity index (χ1) is 12.3. The maximum absolute atomic E-state index is 11.6. The minimum atomic E-state index is -0.0109. The topological polar surface area (TPSA) is 26.3 Å².